The van der Waals surface area contributed by atoms with E-state index in [1.165, 1.54) is 0 Å². The topological polar surface area (TPSA) is 67.8 Å². The molecule has 24 heavy (non-hydrogen) atoms. The maximum absolute atomic E-state index is 11.6. The number of amides is 1. The lowest BCUT2D eigenvalue weighted by molar-refractivity contribution is -0.124. The highest BCUT2D eigenvalue weighted by Gasteiger charge is 2.27. The first-order chi connectivity index (χ1) is 11.5. The molecular formula is C18H20BNO4. The van der Waals surface area contributed by atoms with Crippen LogP contribution in [0, 0.1) is 5.92 Å². The summed E-state index contributed by atoms with van der Waals surface area (Å²) < 4.78 is 11.0. The number of benzene rings is 2. The molecule has 0 saturated heterocycles. The zero-order valence-electron chi connectivity index (χ0n) is 13.8. The summed E-state index contributed by atoms with van der Waals surface area (Å²) in [5.74, 6) is 1.44. The van der Waals surface area contributed by atoms with E-state index in [0.29, 0.717) is 24.7 Å². The monoisotopic (exact) mass is 325 g/mol. The molecule has 0 saturated carbocycles. The molecule has 0 atom stereocenters. The molecular weight excluding hydrogens is 305 g/mol. The van der Waals surface area contributed by atoms with Gasteiger partial charge in [-0.15, -0.1) is 0 Å². The SMILES string of the molecule is CC(C)C(=O)NCc1ccc(Oc2ccc3c(c2)COB3O)cc1. The molecule has 0 bridgehead atoms. The molecule has 0 aliphatic carbocycles. The standard InChI is InChI=1S/C18H20BNO4/c1-12(2)18(21)20-10-13-3-5-15(6-4-13)24-16-7-8-17-14(9-16)11-23-19(17)22/h3-9,12,22H,10-11H2,1-2H3,(H,20,21). The minimum absolute atomic E-state index is 0.0186. The maximum Gasteiger partial charge on any atom is 0.491 e. The van der Waals surface area contributed by atoms with Crippen LogP contribution < -0.4 is 15.5 Å². The van der Waals surface area contributed by atoms with E-state index in [4.69, 9.17) is 9.39 Å². The summed E-state index contributed by atoms with van der Waals surface area (Å²) in [6.07, 6.45) is 0. The molecule has 2 aromatic carbocycles. The lowest BCUT2D eigenvalue weighted by atomic mass is 9.80. The van der Waals surface area contributed by atoms with Crippen molar-refractivity contribution in [2.45, 2.75) is 27.0 Å². The van der Waals surface area contributed by atoms with Gasteiger partial charge in [-0.05, 0) is 40.9 Å². The Hall–Kier alpha value is -2.31. The Labute approximate surface area is 141 Å². The first-order valence-electron chi connectivity index (χ1n) is 8.00. The molecule has 1 heterocycles. The van der Waals surface area contributed by atoms with E-state index < -0.39 is 7.12 Å². The number of ether oxygens (including phenoxy) is 1. The highest BCUT2D eigenvalue weighted by atomic mass is 16.5. The van der Waals surface area contributed by atoms with E-state index in [1.54, 1.807) is 0 Å². The van der Waals surface area contributed by atoms with Crippen molar-refractivity contribution in [3.05, 3.63) is 53.6 Å². The van der Waals surface area contributed by atoms with E-state index in [9.17, 15) is 9.82 Å². The fourth-order valence-corrected chi connectivity index (χ4v) is 2.47. The zero-order valence-corrected chi connectivity index (χ0v) is 13.8. The summed E-state index contributed by atoms with van der Waals surface area (Å²) in [6.45, 7) is 4.63. The minimum Gasteiger partial charge on any atom is -0.457 e. The number of hydrogen-bond donors (Lipinski definition) is 2. The second-order valence-corrected chi connectivity index (χ2v) is 6.14. The molecule has 0 unspecified atom stereocenters. The largest absolute Gasteiger partial charge is 0.491 e. The number of hydrogen-bond acceptors (Lipinski definition) is 4. The van der Waals surface area contributed by atoms with Crippen LogP contribution in [0.2, 0.25) is 0 Å². The molecule has 0 aromatic heterocycles. The first kappa shape index (κ1) is 16.5. The second-order valence-electron chi connectivity index (χ2n) is 6.14. The van der Waals surface area contributed by atoms with Crippen molar-refractivity contribution < 1.29 is 19.2 Å². The van der Waals surface area contributed by atoms with Gasteiger partial charge in [0.2, 0.25) is 5.91 Å². The van der Waals surface area contributed by atoms with E-state index in [1.807, 2.05) is 56.3 Å². The van der Waals surface area contributed by atoms with Crippen LogP contribution in [0.5, 0.6) is 11.5 Å². The van der Waals surface area contributed by atoms with Crippen LogP contribution in [0.3, 0.4) is 0 Å². The van der Waals surface area contributed by atoms with Crippen molar-refractivity contribution >= 4 is 18.5 Å². The van der Waals surface area contributed by atoms with Gasteiger partial charge in [0.15, 0.2) is 0 Å². The molecule has 1 amide bonds. The van der Waals surface area contributed by atoms with Crippen molar-refractivity contribution in [3.8, 4) is 11.5 Å². The van der Waals surface area contributed by atoms with E-state index in [0.717, 1.165) is 16.6 Å². The van der Waals surface area contributed by atoms with Gasteiger partial charge in [-0.3, -0.25) is 4.79 Å². The van der Waals surface area contributed by atoms with Gasteiger partial charge in [0.05, 0.1) is 6.61 Å². The van der Waals surface area contributed by atoms with Crippen LogP contribution in [0.1, 0.15) is 25.0 Å². The van der Waals surface area contributed by atoms with Crippen LogP contribution in [-0.2, 0) is 22.6 Å². The van der Waals surface area contributed by atoms with Crippen LogP contribution in [0.15, 0.2) is 42.5 Å². The third-order valence-corrected chi connectivity index (χ3v) is 3.93. The first-order valence-corrected chi connectivity index (χ1v) is 8.00. The molecule has 2 N–H and O–H groups in total. The Kier molecular flexibility index (Phi) is 4.88. The highest BCUT2D eigenvalue weighted by molar-refractivity contribution is 6.61. The predicted molar refractivity (Wildman–Crippen MR) is 92.0 cm³/mol. The Morgan fingerprint density at radius 3 is 2.67 bits per heavy atom. The fraction of sp³-hybridized carbons (Fsp3) is 0.278. The normalized spacial score (nSPS) is 13.1. The number of fused-ring (bicyclic) bond motifs is 1. The Balaban J connectivity index is 1.61. The maximum atomic E-state index is 11.6. The Morgan fingerprint density at radius 2 is 1.96 bits per heavy atom. The van der Waals surface area contributed by atoms with E-state index in [-0.39, 0.29) is 11.8 Å². The average molecular weight is 325 g/mol. The Bertz CT molecular complexity index is 730. The third-order valence-electron chi connectivity index (χ3n) is 3.93. The lowest BCUT2D eigenvalue weighted by Gasteiger charge is -2.10. The van der Waals surface area contributed by atoms with Gasteiger partial charge < -0.3 is 19.7 Å². The average Bonchev–Trinajstić information content (AvgIpc) is 2.94. The van der Waals surface area contributed by atoms with Crippen LogP contribution >= 0.6 is 0 Å². The number of carbonyl (C=O) groups is 1. The molecule has 5 nitrogen and oxygen atoms in total. The van der Waals surface area contributed by atoms with E-state index in [2.05, 4.69) is 5.32 Å². The molecule has 0 fully saturated rings. The summed E-state index contributed by atoms with van der Waals surface area (Å²) in [7, 11) is -0.839. The van der Waals surface area contributed by atoms with Gasteiger partial charge in [0.25, 0.3) is 0 Å². The van der Waals surface area contributed by atoms with Crippen molar-refractivity contribution in [1.29, 1.82) is 0 Å². The predicted octanol–water partition coefficient (Wildman–Crippen LogP) is 1.97. The molecule has 2 aromatic rings. The van der Waals surface area contributed by atoms with Gasteiger partial charge in [-0.1, -0.05) is 32.0 Å². The molecule has 3 rings (SSSR count). The summed E-state index contributed by atoms with van der Waals surface area (Å²) in [5, 5.41) is 12.5. The molecule has 1 aliphatic heterocycles. The minimum atomic E-state index is -0.839. The summed E-state index contributed by atoms with van der Waals surface area (Å²) in [6, 6.07) is 13.1. The van der Waals surface area contributed by atoms with Crippen molar-refractivity contribution in [2.75, 3.05) is 0 Å². The van der Waals surface area contributed by atoms with Gasteiger partial charge in [-0.2, -0.15) is 0 Å². The van der Waals surface area contributed by atoms with Crippen molar-refractivity contribution in [2.24, 2.45) is 5.92 Å². The highest BCUT2D eigenvalue weighted by Crippen LogP contribution is 2.24. The zero-order chi connectivity index (χ0) is 17.1. The van der Waals surface area contributed by atoms with Crippen LogP contribution in [-0.4, -0.2) is 18.0 Å². The summed E-state index contributed by atoms with van der Waals surface area (Å²) >= 11 is 0. The van der Waals surface area contributed by atoms with Gasteiger partial charge >= 0.3 is 7.12 Å². The van der Waals surface area contributed by atoms with E-state index >= 15 is 0 Å². The van der Waals surface area contributed by atoms with Gasteiger partial charge in [0.1, 0.15) is 11.5 Å². The van der Waals surface area contributed by atoms with Crippen LogP contribution in [0.4, 0.5) is 0 Å². The Morgan fingerprint density at radius 1 is 1.25 bits per heavy atom. The molecule has 6 heteroatoms. The molecule has 1 aliphatic rings. The molecule has 124 valence electrons. The quantitative estimate of drug-likeness (QED) is 0.825. The second kappa shape index (κ2) is 7.07. The van der Waals surface area contributed by atoms with Gasteiger partial charge in [0, 0.05) is 12.5 Å². The number of carbonyl (C=O) groups excluding carboxylic acids is 1. The van der Waals surface area contributed by atoms with Crippen molar-refractivity contribution in [3.63, 3.8) is 0 Å². The molecule has 0 radical (unpaired) electrons. The number of rotatable bonds is 5. The molecule has 0 spiro atoms. The van der Waals surface area contributed by atoms with Crippen molar-refractivity contribution in [1.82, 2.24) is 5.32 Å². The van der Waals surface area contributed by atoms with Crippen LogP contribution in [0.25, 0.3) is 0 Å². The van der Waals surface area contributed by atoms with Gasteiger partial charge in [-0.25, -0.2) is 0 Å². The fourth-order valence-electron chi connectivity index (χ4n) is 2.47. The smallest absolute Gasteiger partial charge is 0.457 e. The third kappa shape index (κ3) is 3.78. The summed E-state index contributed by atoms with van der Waals surface area (Å²) in [5.41, 5.74) is 2.74. The summed E-state index contributed by atoms with van der Waals surface area (Å²) in [4.78, 5) is 11.6. The lowest BCUT2D eigenvalue weighted by Crippen LogP contribution is -2.27. The number of nitrogens with one attached hydrogen (secondary N) is 1.